The Balaban J connectivity index is 1.83. The van der Waals surface area contributed by atoms with E-state index in [-0.39, 0.29) is 12.1 Å². The van der Waals surface area contributed by atoms with E-state index in [4.69, 9.17) is 0 Å². The van der Waals surface area contributed by atoms with Crippen molar-refractivity contribution in [2.45, 2.75) is 45.3 Å². The number of likely N-dealkylation sites (tertiary alicyclic amines) is 1. The Bertz CT molecular complexity index is 390. The van der Waals surface area contributed by atoms with Crippen LogP contribution in [0.25, 0.3) is 0 Å². The SMILES string of the molecule is CC(C)CC(NCC(O)CN1CCCC1)c1ccccn1. The molecule has 0 radical (unpaired) electrons. The first-order valence-corrected chi connectivity index (χ1v) is 8.20. The van der Waals surface area contributed by atoms with Gasteiger partial charge in [-0.25, -0.2) is 0 Å². The van der Waals surface area contributed by atoms with Crippen molar-refractivity contribution in [1.82, 2.24) is 15.2 Å². The third-order valence-electron chi connectivity index (χ3n) is 4.02. The van der Waals surface area contributed by atoms with Crippen LogP contribution in [-0.2, 0) is 0 Å². The van der Waals surface area contributed by atoms with Gasteiger partial charge in [-0.1, -0.05) is 19.9 Å². The largest absolute Gasteiger partial charge is 0.390 e. The molecule has 1 saturated heterocycles. The summed E-state index contributed by atoms with van der Waals surface area (Å²) < 4.78 is 0. The van der Waals surface area contributed by atoms with Gasteiger partial charge in [0.15, 0.2) is 0 Å². The van der Waals surface area contributed by atoms with Gasteiger partial charge in [0.05, 0.1) is 11.8 Å². The van der Waals surface area contributed by atoms with Gasteiger partial charge in [0.2, 0.25) is 0 Å². The second-order valence-electron chi connectivity index (χ2n) is 6.51. The zero-order chi connectivity index (χ0) is 15.1. The standard InChI is InChI=1S/C17H29N3O/c1-14(2)11-17(16-7-3-4-8-18-16)19-12-15(21)13-20-9-5-6-10-20/h3-4,7-8,14-15,17,19,21H,5-6,9-13H2,1-2H3. The van der Waals surface area contributed by atoms with Crippen molar-refractivity contribution in [3.8, 4) is 0 Å². The van der Waals surface area contributed by atoms with Crippen LogP contribution in [-0.4, -0.2) is 47.3 Å². The molecule has 2 unspecified atom stereocenters. The highest BCUT2D eigenvalue weighted by Gasteiger charge is 2.18. The highest BCUT2D eigenvalue weighted by molar-refractivity contribution is 5.08. The predicted octanol–water partition coefficient (Wildman–Crippen LogP) is 2.22. The van der Waals surface area contributed by atoms with Crippen molar-refractivity contribution in [1.29, 1.82) is 0 Å². The number of aromatic nitrogens is 1. The summed E-state index contributed by atoms with van der Waals surface area (Å²) in [5.41, 5.74) is 1.07. The Kier molecular flexibility index (Phi) is 6.61. The van der Waals surface area contributed by atoms with E-state index in [0.29, 0.717) is 12.5 Å². The van der Waals surface area contributed by atoms with E-state index in [1.165, 1.54) is 12.8 Å². The van der Waals surface area contributed by atoms with Crippen LogP contribution in [0.2, 0.25) is 0 Å². The molecular weight excluding hydrogens is 262 g/mol. The number of nitrogens with one attached hydrogen (secondary N) is 1. The predicted molar refractivity (Wildman–Crippen MR) is 86.1 cm³/mol. The van der Waals surface area contributed by atoms with E-state index >= 15 is 0 Å². The van der Waals surface area contributed by atoms with Crippen LogP contribution in [0.3, 0.4) is 0 Å². The van der Waals surface area contributed by atoms with Gasteiger partial charge in [-0.05, 0) is 50.4 Å². The van der Waals surface area contributed by atoms with Crippen LogP contribution < -0.4 is 5.32 Å². The van der Waals surface area contributed by atoms with Crippen LogP contribution >= 0.6 is 0 Å². The molecule has 1 aromatic heterocycles. The number of hydrogen-bond acceptors (Lipinski definition) is 4. The summed E-state index contributed by atoms with van der Waals surface area (Å²) in [7, 11) is 0. The van der Waals surface area contributed by atoms with Gasteiger partial charge >= 0.3 is 0 Å². The number of rotatable bonds is 8. The molecule has 0 bridgehead atoms. The van der Waals surface area contributed by atoms with E-state index in [2.05, 4.69) is 35.1 Å². The summed E-state index contributed by atoms with van der Waals surface area (Å²) in [6, 6.07) is 6.25. The molecule has 1 aromatic rings. The third kappa shape index (κ3) is 5.73. The Morgan fingerprint density at radius 1 is 1.29 bits per heavy atom. The highest BCUT2D eigenvalue weighted by Crippen LogP contribution is 2.19. The number of nitrogens with zero attached hydrogens (tertiary/aromatic N) is 2. The number of aliphatic hydroxyl groups excluding tert-OH is 1. The lowest BCUT2D eigenvalue weighted by atomic mass is 10.0. The fraction of sp³-hybridized carbons (Fsp3) is 0.706. The van der Waals surface area contributed by atoms with E-state index in [9.17, 15) is 5.11 Å². The Labute approximate surface area is 128 Å². The molecule has 0 aromatic carbocycles. The maximum Gasteiger partial charge on any atom is 0.0791 e. The molecule has 2 atom stereocenters. The van der Waals surface area contributed by atoms with Gasteiger partial charge in [-0.2, -0.15) is 0 Å². The zero-order valence-electron chi connectivity index (χ0n) is 13.3. The van der Waals surface area contributed by atoms with E-state index in [1.807, 2.05) is 18.3 Å². The first-order valence-electron chi connectivity index (χ1n) is 8.20. The lowest BCUT2D eigenvalue weighted by molar-refractivity contribution is 0.119. The molecule has 0 amide bonds. The van der Waals surface area contributed by atoms with Gasteiger partial charge in [-0.15, -0.1) is 0 Å². The molecule has 0 aliphatic carbocycles. The van der Waals surface area contributed by atoms with Crippen molar-refractivity contribution in [2.75, 3.05) is 26.2 Å². The number of β-amino-alcohol motifs (C(OH)–C–C–N with tert-alkyl or cyclic N) is 1. The summed E-state index contributed by atoms with van der Waals surface area (Å²) in [5.74, 6) is 0.597. The molecule has 2 rings (SSSR count). The quantitative estimate of drug-likeness (QED) is 0.771. The lowest BCUT2D eigenvalue weighted by Crippen LogP contribution is -2.38. The van der Waals surface area contributed by atoms with Crippen molar-refractivity contribution in [2.24, 2.45) is 5.92 Å². The maximum atomic E-state index is 10.2. The lowest BCUT2D eigenvalue weighted by Gasteiger charge is -2.24. The van der Waals surface area contributed by atoms with Crippen molar-refractivity contribution in [3.63, 3.8) is 0 Å². The summed E-state index contributed by atoms with van der Waals surface area (Å²) >= 11 is 0. The van der Waals surface area contributed by atoms with E-state index in [1.54, 1.807) is 0 Å². The summed E-state index contributed by atoms with van der Waals surface area (Å²) in [6.07, 6.45) is 5.11. The molecule has 2 heterocycles. The molecule has 21 heavy (non-hydrogen) atoms. The van der Waals surface area contributed by atoms with Gasteiger partial charge < -0.3 is 15.3 Å². The topological polar surface area (TPSA) is 48.4 Å². The summed E-state index contributed by atoms with van der Waals surface area (Å²) in [4.78, 5) is 6.81. The molecule has 1 aliphatic heterocycles. The smallest absolute Gasteiger partial charge is 0.0791 e. The first kappa shape index (κ1) is 16.4. The fourth-order valence-electron chi connectivity index (χ4n) is 2.97. The zero-order valence-corrected chi connectivity index (χ0v) is 13.3. The molecule has 118 valence electrons. The van der Waals surface area contributed by atoms with E-state index in [0.717, 1.165) is 31.7 Å². The minimum atomic E-state index is -0.304. The van der Waals surface area contributed by atoms with Gasteiger partial charge in [0.25, 0.3) is 0 Å². The number of pyridine rings is 1. The molecular formula is C17H29N3O. The molecule has 1 fully saturated rings. The Morgan fingerprint density at radius 2 is 2.05 bits per heavy atom. The average Bonchev–Trinajstić information content (AvgIpc) is 2.97. The van der Waals surface area contributed by atoms with Crippen molar-refractivity contribution < 1.29 is 5.11 Å². The number of aliphatic hydroxyl groups is 1. The molecule has 4 heteroatoms. The van der Waals surface area contributed by atoms with Gasteiger partial charge in [0, 0.05) is 25.3 Å². The Hall–Kier alpha value is -0.970. The molecule has 2 N–H and O–H groups in total. The second kappa shape index (κ2) is 8.47. The van der Waals surface area contributed by atoms with Crippen LogP contribution in [0.15, 0.2) is 24.4 Å². The fourth-order valence-corrected chi connectivity index (χ4v) is 2.97. The van der Waals surface area contributed by atoms with Crippen LogP contribution in [0.4, 0.5) is 0 Å². The van der Waals surface area contributed by atoms with Gasteiger partial charge in [0.1, 0.15) is 0 Å². The van der Waals surface area contributed by atoms with Crippen LogP contribution in [0.5, 0.6) is 0 Å². The second-order valence-corrected chi connectivity index (χ2v) is 6.51. The molecule has 4 nitrogen and oxygen atoms in total. The van der Waals surface area contributed by atoms with Crippen molar-refractivity contribution >= 4 is 0 Å². The Morgan fingerprint density at radius 3 is 2.67 bits per heavy atom. The average molecular weight is 291 g/mol. The highest BCUT2D eigenvalue weighted by atomic mass is 16.3. The summed E-state index contributed by atoms with van der Waals surface area (Å²) in [5, 5.41) is 13.7. The maximum absolute atomic E-state index is 10.2. The number of hydrogen-bond donors (Lipinski definition) is 2. The molecule has 0 saturated carbocycles. The molecule has 1 aliphatic rings. The normalized spacial score (nSPS) is 19.0. The monoisotopic (exact) mass is 291 g/mol. The van der Waals surface area contributed by atoms with E-state index < -0.39 is 0 Å². The first-order chi connectivity index (χ1) is 10.1. The van der Waals surface area contributed by atoms with Crippen molar-refractivity contribution in [3.05, 3.63) is 30.1 Å². The van der Waals surface area contributed by atoms with Crippen LogP contribution in [0, 0.1) is 5.92 Å². The minimum Gasteiger partial charge on any atom is -0.390 e. The van der Waals surface area contributed by atoms with Crippen LogP contribution in [0.1, 0.15) is 44.8 Å². The summed E-state index contributed by atoms with van der Waals surface area (Å²) in [6.45, 7) is 8.12. The minimum absolute atomic E-state index is 0.222. The third-order valence-corrected chi connectivity index (χ3v) is 4.02. The van der Waals surface area contributed by atoms with Gasteiger partial charge in [-0.3, -0.25) is 4.98 Å². The molecule has 0 spiro atoms.